The van der Waals surface area contributed by atoms with Gasteiger partial charge in [0.15, 0.2) is 17.3 Å². The van der Waals surface area contributed by atoms with Crippen LogP contribution in [-0.4, -0.2) is 87.1 Å². The lowest BCUT2D eigenvalue weighted by molar-refractivity contribution is -0.145. The number of aromatic amines is 1. The summed E-state index contributed by atoms with van der Waals surface area (Å²) in [5.74, 6) is 0.346. The number of nitrogens with zero attached hydrogens (tertiary/aromatic N) is 7. The maximum atomic E-state index is 16.2. The molecule has 10 heteroatoms. The molecular weight excluding hydrogens is 471 g/mol. The quantitative estimate of drug-likeness (QED) is 0.449. The number of halogens is 1. The van der Waals surface area contributed by atoms with E-state index in [1.165, 1.54) is 0 Å². The van der Waals surface area contributed by atoms with E-state index in [1.54, 1.807) is 17.0 Å². The highest BCUT2D eigenvalue weighted by Crippen LogP contribution is 2.45. The van der Waals surface area contributed by atoms with Crippen LogP contribution in [0.3, 0.4) is 0 Å². The van der Waals surface area contributed by atoms with E-state index < -0.39 is 0 Å². The van der Waals surface area contributed by atoms with Gasteiger partial charge in [-0.1, -0.05) is 13.8 Å². The lowest BCUT2D eigenvalue weighted by Gasteiger charge is -2.60. The van der Waals surface area contributed by atoms with Crippen LogP contribution < -0.4 is 4.90 Å². The first kappa shape index (κ1) is 23.8. The minimum atomic E-state index is -0.283. The van der Waals surface area contributed by atoms with Gasteiger partial charge < -0.3 is 19.7 Å². The number of carbonyl (C=O) groups excluding carboxylic acids is 1. The van der Waals surface area contributed by atoms with E-state index in [4.69, 9.17) is 0 Å². The molecule has 1 spiro atoms. The Morgan fingerprint density at radius 1 is 1.16 bits per heavy atom. The highest BCUT2D eigenvalue weighted by molar-refractivity contribution is 5.94. The Hall–Kier alpha value is -3.53. The number of pyridine rings is 2. The summed E-state index contributed by atoms with van der Waals surface area (Å²) in [7, 11) is 3.80. The number of hydrogen-bond donors (Lipinski definition) is 1. The van der Waals surface area contributed by atoms with Crippen LogP contribution in [0, 0.1) is 25.1 Å². The van der Waals surface area contributed by atoms with Crippen LogP contribution >= 0.6 is 0 Å². The van der Waals surface area contributed by atoms with Crippen molar-refractivity contribution in [2.24, 2.45) is 5.41 Å². The van der Waals surface area contributed by atoms with Crippen LogP contribution in [-0.2, 0) is 4.79 Å². The molecule has 2 aliphatic heterocycles. The molecule has 194 valence electrons. The molecule has 6 heterocycles. The second kappa shape index (κ2) is 8.24. The van der Waals surface area contributed by atoms with Gasteiger partial charge in [0.1, 0.15) is 6.33 Å². The van der Waals surface area contributed by atoms with Crippen molar-refractivity contribution in [2.75, 3.05) is 51.7 Å². The third kappa shape index (κ3) is 3.60. The van der Waals surface area contributed by atoms with Gasteiger partial charge >= 0.3 is 0 Å². The molecule has 4 aromatic rings. The highest BCUT2D eigenvalue weighted by Gasteiger charge is 2.54. The van der Waals surface area contributed by atoms with Crippen molar-refractivity contribution in [3.63, 3.8) is 0 Å². The molecule has 1 amide bonds. The summed E-state index contributed by atoms with van der Waals surface area (Å²) in [5, 5.41) is 4.94. The Morgan fingerprint density at radius 3 is 2.57 bits per heavy atom. The van der Waals surface area contributed by atoms with Crippen molar-refractivity contribution < 1.29 is 9.18 Å². The number of rotatable bonds is 5. The van der Waals surface area contributed by atoms with E-state index in [-0.39, 0.29) is 23.1 Å². The average Bonchev–Trinajstić information content (AvgIpc) is 3.40. The second-order valence-corrected chi connectivity index (χ2v) is 11.4. The van der Waals surface area contributed by atoms with Crippen molar-refractivity contribution in [1.29, 1.82) is 0 Å². The highest BCUT2D eigenvalue weighted by atomic mass is 19.1. The lowest BCUT2D eigenvalue weighted by Crippen LogP contribution is -2.73. The topological polar surface area (TPSA) is 85.7 Å². The molecule has 0 aliphatic carbocycles. The maximum Gasteiger partial charge on any atom is 0.236 e. The molecule has 4 aromatic heterocycles. The van der Waals surface area contributed by atoms with Crippen LogP contribution in [0.5, 0.6) is 0 Å². The van der Waals surface area contributed by atoms with E-state index >= 15 is 4.39 Å². The van der Waals surface area contributed by atoms with Crippen LogP contribution in [0.25, 0.3) is 27.8 Å². The van der Waals surface area contributed by atoms with Gasteiger partial charge in [0, 0.05) is 48.7 Å². The first-order valence-corrected chi connectivity index (χ1v) is 12.8. The van der Waals surface area contributed by atoms with E-state index in [1.807, 2.05) is 41.9 Å². The molecule has 0 saturated carbocycles. The number of likely N-dealkylation sites (N-methyl/N-ethyl adjacent to an activating group) is 1. The lowest BCUT2D eigenvalue weighted by atomic mass is 9.72. The van der Waals surface area contributed by atoms with Crippen molar-refractivity contribution >= 4 is 28.3 Å². The third-order valence-electron chi connectivity index (χ3n) is 7.98. The number of likely N-dealkylation sites (tertiary alicyclic amines) is 1. The van der Waals surface area contributed by atoms with Crippen LogP contribution in [0.15, 0.2) is 18.7 Å². The molecule has 0 radical (unpaired) electrons. The van der Waals surface area contributed by atoms with Gasteiger partial charge in [0.2, 0.25) is 5.91 Å². The number of hydrogen-bond acceptors (Lipinski definition) is 6. The van der Waals surface area contributed by atoms with E-state index in [9.17, 15) is 4.79 Å². The van der Waals surface area contributed by atoms with Gasteiger partial charge in [-0.3, -0.25) is 4.79 Å². The molecule has 2 fully saturated rings. The van der Waals surface area contributed by atoms with Gasteiger partial charge in [0.05, 0.1) is 24.0 Å². The molecule has 9 nitrogen and oxygen atoms in total. The molecule has 0 unspecified atom stereocenters. The Morgan fingerprint density at radius 2 is 1.89 bits per heavy atom. The van der Waals surface area contributed by atoms with Crippen molar-refractivity contribution in [3.05, 3.63) is 41.2 Å². The summed E-state index contributed by atoms with van der Waals surface area (Å²) < 4.78 is 17.9. The summed E-state index contributed by atoms with van der Waals surface area (Å²) >= 11 is 0. The summed E-state index contributed by atoms with van der Waals surface area (Å²) in [6.07, 6.45) is 5.26. The molecule has 1 N–H and O–H groups in total. The zero-order valence-electron chi connectivity index (χ0n) is 22.3. The fraction of sp³-hybridized carbons (Fsp3) is 0.481. The zero-order chi connectivity index (χ0) is 26.2. The van der Waals surface area contributed by atoms with Gasteiger partial charge in [-0.25, -0.2) is 18.9 Å². The number of fused-ring (bicyclic) bond motifs is 2. The minimum absolute atomic E-state index is 0.0527. The molecule has 37 heavy (non-hydrogen) atoms. The normalized spacial score (nSPS) is 16.9. The van der Waals surface area contributed by atoms with E-state index in [0.717, 1.165) is 46.7 Å². The predicted octanol–water partition coefficient (Wildman–Crippen LogP) is 3.36. The third-order valence-corrected chi connectivity index (χ3v) is 7.98. The number of carbonyl (C=O) groups is 1. The van der Waals surface area contributed by atoms with Gasteiger partial charge in [-0.05, 0) is 50.6 Å². The molecule has 0 atom stereocenters. The van der Waals surface area contributed by atoms with Crippen LogP contribution in [0.1, 0.15) is 36.5 Å². The summed E-state index contributed by atoms with van der Waals surface area (Å²) in [5.41, 5.74) is 6.52. The van der Waals surface area contributed by atoms with Crippen molar-refractivity contribution in [1.82, 2.24) is 34.4 Å². The Balaban J connectivity index is 1.33. The van der Waals surface area contributed by atoms with Crippen LogP contribution in [0.2, 0.25) is 0 Å². The van der Waals surface area contributed by atoms with Crippen LogP contribution in [0.4, 0.5) is 10.2 Å². The summed E-state index contributed by atoms with van der Waals surface area (Å²) in [4.78, 5) is 30.5. The monoisotopic (exact) mass is 504 g/mol. The zero-order valence-corrected chi connectivity index (χ0v) is 22.3. The Labute approximate surface area is 215 Å². The number of amides is 1. The van der Waals surface area contributed by atoms with E-state index in [0.29, 0.717) is 36.4 Å². The summed E-state index contributed by atoms with van der Waals surface area (Å²) in [6, 6.07) is 0. The molecular formula is C27H33FN8O. The Kier molecular flexibility index (Phi) is 5.31. The molecule has 0 aromatic carbocycles. The number of aryl methyl sites for hydroxylation is 1. The largest absolute Gasteiger partial charge is 0.353 e. The number of H-pyrrole nitrogens is 1. The molecule has 0 bridgehead atoms. The number of aromatic nitrogens is 5. The maximum absolute atomic E-state index is 16.2. The fourth-order valence-corrected chi connectivity index (χ4v) is 6.05. The fourth-order valence-electron chi connectivity index (χ4n) is 6.05. The standard InChI is InChI=1S/C27H33FN8O/c1-15(2)21-22-19(32-24(21)18-8-36-25(30-14-31-36)17(4)16(18)3)7-29-26(23(22)28)35-12-27(13-35)10-34(11-27)20(37)9-33(5)6/h7-8,14-15,32H,9-13H2,1-6H3. The molecule has 6 rings (SSSR count). The van der Waals surface area contributed by atoms with Crippen molar-refractivity contribution in [2.45, 2.75) is 33.6 Å². The predicted molar refractivity (Wildman–Crippen MR) is 141 cm³/mol. The molecule has 2 aliphatic rings. The van der Waals surface area contributed by atoms with Crippen molar-refractivity contribution in [3.8, 4) is 11.3 Å². The number of nitrogens with one attached hydrogen (secondary N) is 1. The van der Waals surface area contributed by atoms with Gasteiger partial charge in [-0.15, -0.1) is 0 Å². The smallest absolute Gasteiger partial charge is 0.236 e. The van der Waals surface area contributed by atoms with Gasteiger partial charge in [-0.2, -0.15) is 5.10 Å². The van der Waals surface area contributed by atoms with E-state index in [2.05, 4.69) is 40.8 Å². The summed E-state index contributed by atoms with van der Waals surface area (Å²) in [6.45, 7) is 11.6. The SMILES string of the molecule is Cc1c(-c2[nH]c3cnc(N4CC5(CN(C(=O)CN(C)C)C5)C4)c(F)c3c2C(C)C)cn2ncnc2c1C. The average molecular weight is 505 g/mol. The first-order valence-electron chi connectivity index (χ1n) is 12.8. The second-order valence-electron chi connectivity index (χ2n) is 11.4. The number of anilines is 1. The minimum Gasteiger partial charge on any atom is -0.353 e. The Bertz CT molecular complexity index is 1540. The molecule has 2 saturated heterocycles. The first-order chi connectivity index (χ1) is 17.6. The van der Waals surface area contributed by atoms with Gasteiger partial charge in [0.25, 0.3) is 0 Å².